The second kappa shape index (κ2) is 6.04. The summed E-state index contributed by atoms with van der Waals surface area (Å²) in [7, 11) is 0. The summed E-state index contributed by atoms with van der Waals surface area (Å²) in [6.45, 7) is 0. The smallest absolute Gasteiger partial charge is 0.313 e. The van der Waals surface area contributed by atoms with Gasteiger partial charge in [0.25, 0.3) is 0 Å². The normalized spacial score (nSPS) is 11.4. The lowest BCUT2D eigenvalue weighted by atomic mass is 10.1. The van der Waals surface area contributed by atoms with E-state index in [1.54, 1.807) is 18.2 Å². The van der Waals surface area contributed by atoms with Crippen LogP contribution in [0.25, 0.3) is 22.2 Å². The Morgan fingerprint density at radius 2 is 1.80 bits per heavy atom. The number of rotatable bonds is 3. The van der Waals surface area contributed by atoms with Gasteiger partial charge in [0.15, 0.2) is 5.69 Å². The fourth-order valence-electron chi connectivity index (χ4n) is 2.55. The van der Waals surface area contributed by atoms with Crippen molar-refractivity contribution < 1.29 is 9.90 Å². The number of carbonyl (C=O) groups excluding carboxylic acids is 1. The van der Waals surface area contributed by atoms with Crippen molar-refractivity contribution in [1.82, 2.24) is 15.2 Å². The molecule has 122 valence electrons. The largest absolute Gasteiger partial charge is 0.493 e. The third-order valence-electron chi connectivity index (χ3n) is 3.78. The van der Waals surface area contributed by atoms with E-state index in [9.17, 15) is 9.90 Å². The molecule has 0 atom stereocenters. The van der Waals surface area contributed by atoms with Crippen LogP contribution in [0.5, 0.6) is 5.88 Å². The van der Waals surface area contributed by atoms with E-state index >= 15 is 0 Å². The first-order chi connectivity index (χ1) is 12.2. The lowest BCUT2D eigenvalue weighted by molar-refractivity contribution is 0.0990. The lowest BCUT2D eigenvalue weighted by Gasteiger charge is -1.92. The molecule has 2 heterocycles. The average molecular weight is 331 g/mol. The zero-order valence-corrected chi connectivity index (χ0v) is 13.0. The molecule has 0 fully saturated rings. The van der Waals surface area contributed by atoms with Crippen LogP contribution in [0.2, 0.25) is 0 Å². The van der Waals surface area contributed by atoms with Gasteiger partial charge in [0, 0.05) is 10.9 Å². The number of azo groups is 1. The molecule has 4 aromatic rings. The van der Waals surface area contributed by atoms with E-state index in [-0.39, 0.29) is 17.3 Å². The highest BCUT2D eigenvalue weighted by Crippen LogP contribution is 2.35. The number of hydrogen-bond donors (Lipinski definition) is 3. The summed E-state index contributed by atoms with van der Waals surface area (Å²) in [4.78, 5) is 15.0. The first-order valence-electron chi connectivity index (χ1n) is 7.59. The maximum absolute atomic E-state index is 12.2. The predicted molar refractivity (Wildman–Crippen MR) is 92.8 cm³/mol. The predicted octanol–water partition coefficient (Wildman–Crippen LogP) is 4.19. The molecule has 0 spiro atoms. The van der Waals surface area contributed by atoms with Gasteiger partial charge in [-0.1, -0.05) is 48.5 Å². The molecule has 4 rings (SSSR count). The number of para-hydroxylation sites is 1. The van der Waals surface area contributed by atoms with Crippen molar-refractivity contribution in [2.24, 2.45) is 10.2 Å². The summed E-state index contributed by atoms with van der Waals surface area (Å²) >= 11 is 0. The summed E-state index contributed by atoms with van der Waals surface area (Å²) in [5, 5.41) is 25.0. The highest BCUT2D eigenvalue weighted by molar-refractivity contribution is 5.96. The van der Waals surface area contributed by atoms with Gasteiger partial charge < -0.3 is 10.1 Å². The Morgan fingerprint density at radius 1 is 1.04 bits per heavy atom. The number of aromatic nitrogens is 3. The van der Waals surface area contributed by atoms with Crippen LogP contribution in [0.15, 0.2) is 70.9 Å². The number of hydrogen-bond acceptors (Lipinski definition) is 4. The Bertz CT molecular complexity index is 1080. The van der Waals surface area contributed by atoms with Crippen molar-refractivity contribution in [2.75, 3.05) is 0 Å². The average Bonchev–Trinajstić information content (AvgIpc) is 3.25. The molecule has 0 aliphatic heterocycles. The summed E-state index contributed by atoms with van der Waals surface area (Å²) in [6.07, 6.45) is 0. The Hall–Kier alpha value is -3.74. The zero-order valence-electron chi connectivity index (χ0n) is 13.0. The van der Waals surface area contributed by atoms with E-state index in [4.69, 9.17) is 0 Å². The minimum Gasteiger partial charge on any atom is -0.493 e. The van der Waals surface area contributed by atoms with Gasteiger partial charge in [0.2, 0.25) is 5.88 Å². The van der Waals surface area contributed by atoms with E-state index in [0.717, 1.165) is 5.56 Å². The van der Waals surface area contributed by atoms with Crippen LogP contribution in [0, 0.1) is 0 Å². The molecule has 2 aromatic heterocycles. The molecule has 0 aliphatic carbocycles. The molecule has 0 bridgehead atoms. The third kappa shape index (κ3) is 2.78. The number of nitrogens with zero attached hydrogens (tertiary/aromatic N) is 3. The molecular formula is C18H13N5O2. The van der Waals surface area contributed by atoms with Gasteiger partial charge in [0.05, 0.1) is 11.2 Å². The molecule has 0 aliphatic rings. The van der Waals surface area contributed by atoms with Crippen molar-refractivity contribution in [3.05, 3.63) is 66.4 Å². The molecule has 0 saturated heterocycles. The summed E-state index contributed by atoms with van der Waals surface area (Å²) in [5.74, 6) is -0.702. The van der Waals surface area contributed by atoms with Gasteiger partial charge in [-0.05, 0) is 12.1 Å². The number of benzene rings is 2. The highest BCUT2D eigenvalue weighted by atomic mass is 16.3. The second-order valence-electron chi connectivity index (χ2n) is 5.41. The zero-order chi connectivity index (χ0) is 17.2. The van der Waals surface area contributed by atoms with Crippen molar-refractivity contribution in [3.8, 4) is 17.1 Å². The van der Waals surface area contributed by atoms with Gasteiger partial charge in [-0.15, -0.1) is 10.2 Å². The number of carbonyl (C=O) groups is 1. The van der Waals surface area contributed by atoms with E-state index in [2.05, 4.69) is 25.4 Å². The number of nitrogens with one attached hydrogen (secondary N) is 2. The fraction of sp³-hybridized carbons (Fsp3) is 0. The van der Waals surface area contributed by atoms with E-state index in [0.29, 0.717) is 16.6 Å². The summed E-state index contributed by atoms with van der Waals surface area (Å²) in [5.41, 5.74) is 2.71. The van der Waals surface area contributed by atoms with Crippen LogP contribution in [-0.2, 0) is 0 Å². The molecule has 0 saturated carbocycles. The Kier molecular flexibility index (Phi) is 3.59. The van der Waals surface area contributed by atoms with Crippen LogP contribution < -0.4 is 0 Å². The van der Waals surface area contributed by atoms with Gasteiger partial charge in [-0.25, -0.2) is 0 Å². The number of amides is 1. The second-order valence-corrected chi connectivity index (χ2v) is 5.41. The van der Waals surface area contributed by atoms with Crippen molar-refractivity contribution in [3.63, 3.8) is 0 Å². The molecule has 7 nitrogen and oxygen atoms in total. The quantitative estimate of drug-likeness (QED) is 0.490. The number of aromatic amines is 2. The van der Waals surface area contributed by atoms with Gasteiger partial charge in [-0.2, -0.15) is 5.10 Å². The monoisotopic (exact) mass is 331 g/mol. The first kappa shape index (κ1) is 14.8. The molecular weight excluding hydrogens is 318 g/mol. The molecule has 0 unspecified atom stereocenters. The van der Waals surface area contributed by atoms with Crippen LogP contribution in [0.1, 0.15) is 10.5 Å². The Morgan fingerprint density at radius 3 is 2.64 bits per heavy atom. The SMILES string of the molecule is O=C(N=Nc1c(O)[nH]c2ccccc12)c1cc(-c2ccccc2)n[nH]1. The summed E-state index contributed by atoms with van der Waals surface area (Å²) in [6, 6.07) is 18.3. The molecule has 2 aromatic carbocycles. The van der Waals surface area contributed by atoms with Crippen LogP contribution in [0.4, 0.5) is 5.69 Å². The standard InChI is InChI=1S/C18H13N5O2/c24-17(15-10-14(20-21-15)11-6-2-1-3-7-11)23-22-16-12-8-4-5-9-13(12)19-18(16)25/h1-10,19,25H,(H,20,21). The maximum Gasteiger partial charge on any atom is 0.313 e. The first-order valence-corrected chi connectivity index (χ1v) is 7.59. The highest BCUT2D eigenvalue weighted by Gasteiger charge is 2.13. The molecule has 7 heteroatoms. The van der Waals surface area contributed by atoms with Gasteiger partial charge >= 0.3 is 5.91 Å². The van der Waals surface area contributed by atoms with E-state index in [1.165, 1.54) is 0 Å². The van der Waals surface area contributed by atoms with Crippen LogP contribution >= 0.6 is 0 Å². The number of H-pyrrole nitrogens is 2. The molecule has 0 radical (unpaired) electrons. The Labute approximate surface area is 142 Å². The molecule has 1 amide bonds. The lowest BCUT2D eigenvalue weighted by Crippen LogP contribution is -1.93. The minimum atomic E-state index is -0.570. The maximum atomic E-state index is 12.2. The van der Waals surface area contributed by atoms with E-state index < -0.39 is 5.91 Å². The molecule has 25 heavy (non-hydrogen) atoms. The fourth-order valence-corrected chi connectivity index (χ4v) is 2.55. The van der Waals surface area contributed by atoms with Gasteiger partial charge in [-0.3, -0.25) is 9.89 Å². The van der Waals surface area contributed by atoms with Crippen molar-refractivity contribution >= 4 is 22.5 Å². The number of aromatic hydroxyl groups is 1. The van der Waals surface area contributed by atoms with Crippen LogP contribution in [0.3, 0.4) is 0 Å². The van der Waals surface area contributed by atoms with Crippen molar-refractivity contribution in [1.29, 1.82) is 0 Å². The topological polar surface area (TPSA) is 106 Å². The Balaban J connectivity index is 1.61. The summed E-state index contributed by atoms with van der Waals surface area (Å²) < 4.78 is 0. The number of fused-ring (bicyclic) bond motifs is 1. The third-order valence-corrected chi connectivity index (χ3v) is 3.78. The minimum absolute atomic E-state index is 0.132. The van der Waals surface area contributed by atoms with Gasteiger partial charge in [0.1, 0.15) is 5.69 Å². The van der Waals surface area contributed by atoms with Crippen LogP contribution in [-0.4, -0.2) is 26.2 Å². The molecule has 3 N–H and O–H groups in total. The van der Waals surface area contributed by atoms with E-state index in [1.807, 2.05) is 42.5 Å². The van der Waals surface area contributed by atoms with Crippen molar-refractivity contribution in [2.45, 2.75) is 0 Å².